The third-order valence-corrected chi connectivity index (χ3v) is 4.52. The molecule has 1 unspecified atom stereocenters. The Morgan fingerprint density at radius 2 is 2.05 bits per heavy atom. The SMILES string of the molecule is CC(C)(C)OC(=O)N1C(c2cc(F)cc(Br)c2)COS1(=O)=O. The van der Waals surface area contributed by atoms with Crippen LogP contribution in [0.25, 0.3) is 0 Å². The van der Waals surface area contributed by atoms with E-state index in [0.29, 0.717) is 14.3 Å². The van der Waals surface area contributed by atoms with E-state index in [9.17, 15) is 17.6 Å². The molecule has 2 rings (SSSR count). The number of halogens is 2. The fourth-order valence-electron chi connectivity index (χ4n) is 1.96. The fraction of sp³-hybridized carbons (Fsp3) is 0.462. The second-order valence-electron chi connectivity index (χ2n) is 5.74. The molecule has 9 heteroatoms. The quantitative estimate of drug-likeness (QED) is 0.729. The van der Waals surface area contributed by atoms with E-state index in [4.69, 9.17) is 8.92 Å². The number of benzene rings is 1. The number of hydrogen-bond donors (Lipinski definition) is 0. The average Bonchev–Trinajstić information content (AvgIpc) is 2.61. The first-order valence-corrected chi connectivity index (χ1v) is 8.53. The van der Waals surface area contributed by atoms with E-state index in [0.717, 1.165) is 6.07 Å². The topological polar surface area (TPSA) is 72.9 Å². The smallest absolute Gasteiger partial charge is 0.426 e. The Balaban J connectivity index is 2.40. The van der Waals surface area contributed by atoms with E-state index in [1.165, 1.54) is 12.1 Å². The molecule has 1 aromatic rings. The lowest BCUT2D eigenvalue weighted by molar-refractivity contribution is 0.0356. The summed E-state index contributed by atoms with van der Waals surface area (Å²) in [7, 11) is -4.26. The number of rotatable bonds is 1. The molecule has 1 atom stereocenters. The number of nitrogens with zero attached hydrogens (tertiary/aromatic N) is 1. The number of carbonyl (C=O) groups is 1. The van der Waals surface area contributed by atoms with Crippen molar-refractivity contribution in [3.05, 3.63) is 34.1 Å². The molecule has 6 nitrogen and oxygen atoms in total. The standard InChI is InChI=1S/C13H15BrFNO5S/c1-13(2,3)21-12(17)16-11(7-20-22(16,18)19)8-4-9(14)6-10(15)5-8/h4-6,11H,7H2,1-3H3. The Bertz CT molecular complexity index is 681. The summed E-state index contributed by atoms with van der Waals surface area (Å²) in [6, 6.07) is 2.92. The van der Waals surface area contributed by atoms with Crippen molar-refractivity contribution in [2.24, 2.45) is 0 Å². The van der Waals surface area contributed by atoms with Crippen molar-refractivity contribution >= 4 is 32.3 Å². The van der Waals surface area contributed by atoms with Gasteiger partial charge in [-0.1, -0.05) is 15.9 Å². The fourth-order valence-corrected chi connectivity index (χ4v) is 3.57. The zero-order valence-electron chi connectivity index (χ0n) is 12.2. The molecule has 1 aliphatic rings. The minimum absolute atomic E-state index is 0.291. The maximum absolute atomic E-state index is 13.5. The predicted molar refractivity (Wildman–Crippen MR) is 79.8 cm³/mol. The van der Waals surface area contributed by atoms with Gasteiger partial charge in [0.2, 0.25) is 0 Å². The molecule has 0 bridgehead atoms. The third-order valence-electron chi connectivity index (χ3n) is 2.74. The lowest BCUT2D eigenvalue weighted by Crippen LogP contribution is -2.39. The van der Waals surface area contributed by atoms with Crippen molar-refractivity contribution in [1.82, 2.24) is 4.31 Å². The highest BCUT2D eigenvalue weighted by atomic mass is 79.9. The summed E-state index contributed by atoms with van der Waals surface area (Å²) in [6.07, 6.45) is -1.06. The summed E-state index contributed by atoms with van der Waals surface area (Å²) in [6.45, 7) is 4.55. The predicted octanol–water partition coefficient (Wildman–Crippen LogP) is 3.14. The maximum atomic E-state index is 13.5. The summed E-state index contributed by atoms with van der Waals surface area (Å²) in [5.41, 5.74) is -0.582. The molecule has 1 saturated heterocycles. The normalized spacial score (nSPS) is 21.0. The van der Waals surface area contributed by atoms with E-state index >= 15 is 0 Å². The van der Waals surface area contributed by atoms with E-state index in [-0.39, 0.29) is 6.61 Å². The van der Waals surface area contributed by atoms with E-state index in [2.05, 4.69) is 15.9 Å². The number of ether oxygens (including phenoxy) is 1. The number of hydrogen-bond acceptors (Lipinski definition) is 5. The second-order valence-corrected chi connectivity index (χ2v) is 8.14. The van der Waals surface area contributed by atoms with Gasteiger partial charge >= 0.3 is 16.4 Å². The van der Waals surface area contributed by atoms with Gasteiger partial charge in [-0.2, -0.15) is 12.7 Å². The summed E-state index contributed by atoms with van der Waals surface area (Å²) in [5, 5.41) is 0. The summed E-state index contributed by atoms with van der Waals surface area (Å²) < 4.78 is 48.1. The van der Waals surface area contributed by atoms with Crippen LogP contribution in [-0.2, 0) is 19.2 Å². The van der Waals surface area contributed by atoms with Gasteiger partial charge < -0.3 is 4.74 Å². The van der Waals surface area contributed by atoms with E-state index in [1.54, 1.807) is 20.8 Å². The largest absolute Gasteiger partial charge is 0.443 e. The van der Waals surface area contributed by atoms with Crippen molar-refractivity contribution in [2.75, 3.05) is 6.61 Å². The van der Waals surface area contributed by atoms with Crippen LogP contribution in [0.1, 0.15) is 32.4 Å². The molecule has 0 aromatic heterocycles. The molecule has 1 amide bonds. The van der Waals surface area contributed by atoms with Gasteiger partial charge in [0, 0.05) is 4.47 Å². The van der Waals surface area contributed by atoms with Gasteiger partial charge in [-0.3, -0.25) is 4.18 Å². The Labute approximate surface area is 136 Å². The van der Waals surface area contributed by atoms with Crippen molar-refractivity contribution in [3.63, 3.8) is 0 Å². The highest BCUT2D eigenvalue weighted by Gasteiger charge is 2.45. The molecule has 122 valence electrons. The van der Waals surface area contributed by atoms with Crippen LogP contribution in [0.3, 0.4) is 0 Å². The molecule has 1 fully saturated rings. The summed E-state index contributed by atoms with van der Waals surface area (Å²) in [4.78, 5) is 12.2. The van der Waals surface area contributed by atoms with Crippen molar-refractivity contribution in [1.29, 1.82) is 0 Å². The molecule has 1 aromatic carbocycles. The Morgan fingerprint density at radius 3 is 2.59 bits per heavy atom. The zero-order valence-corrected chi connectivity index (χ0v) is 14.6. The highest BCUT2D eigenvalue weighted by molar-refractivity contribution is 9.10. The molecule has 0 spiro atoms. The van der Waals surface area contributed by atoms with Crippen LogP contribution in [0.5, 0.6) is 0 Å². The van der Waals surface area contributed by atoms with Crippen LogP contribution in [0.2, 0.25) is 0 Å². The van der Waals surface area contributed by atoms with Gasteiger partial charge in [0.05, 0.1) is 6.61 Å². The zero-order chi connectivity index (χ0) is 16.7. The molecular weight excluding hydrogens is 381 g/mol. The monoisotopic (exact) mass is 395 g/mol. The first-order valence-electron chi connectivity index (χ1n) is 6.37. The molecular formula is C13H15BrFNO5S. The first kappa shape index (κ1) is 17.2. The van der Waals surface area contributed by atoms with Crippen LogP contribution in [-0.4, -0.2) is 31.0 Å². The lowest BCUT2D eigenvalue weighted by atomic mass is 10.1. The van der Waals surface area contributed by atoms with Gasteiger partial charge in [-0.15, -0.1) is 0 Å². The third kappa shape index (κ3) is 3.76. The van der Waals surface area contributed by atoms with E-state index in [1.807, 2.05) is 0 Å². The van der Waals surface area contributed by atoms with Crippen LogP contribution in [0.15, 0.2) is 22.7 Å². The lowest BCUT2D eigenvalue weighted by Gasteiger charge is -2.26. The van der Waals surface area contributed by atoms with Crippen LogP contribution >= 0.6 is 15.9 Å². The van der Waals surface area contributed by atoms with Gasteiger partial charge in [0.1, 0.15) is 17.5 Å². The Morgan fingerprint density at radius 1 is 1.41 bits per heavy atom. The average molecular weight is 396 g/mol. The van der Waals surface area contributed by atoms with E-state index < -0.39 is 33.9 Å². The summed E-state index contributed by atoms with van der Waals surface area (Å²) >= 11 is 3.13. The minimum atomic E-state index is -4.26. The first-order chi connectivity index (χ1) is 9.99. The highest BCUT2D eigenvalue weighted by Crippen LogP contribution is 2.34. The maximum Gasteiger partial charge on any atom is 0.426 e. The second kappa shape index (κ2) is 5.78. The van der Waals surface area contributed by atoms with Gasteiger partial charge in [0.15, 0.2) is 0 Å². The molecule has 0 aliphatic carbocycles. The molecule has 0 N–H and O–H groups in total. The molecule has 0 radical (unpaired) electrons. The van der Waals surface area contributed by atoms with Gasteiger partial charge in [-0.25, -0.2) is 9.18 Å². The van der Waals surface area contributed by atoms with Crippen LogP contribution in [0.4, 0.5) is 9.18 Å². The summed E-state index contributed by atoms with van der Waals surface area (Å²) in [5.74, 6) is -0.558. The number of carbonyl (C=O) groups excluding carboxylic acids is 1. The van der Waals surface area contributed by atoms with Crippen molar-refractivity contribution in [2.45, 2.75) is 32.4 Å². The molecule has 22 heavy (non-hydrogen) atoms. The molecule has 1 heterocycles. The van der Waals surface area contributed by atoms with Gasteiger partial charge in [0.25, 0.3) is 0 Å². The van der Waals surface area contributed by atoms with Gasteiger partial charge in [-0.05, 0) is 44.5 Å². The van der Waals surface area contributed by atoms with Crippen molar-refractivity contribution < 1.29 is 26.5 Å². The molecule has 1 aliphatic heterocycles. The Hall–Kier alpha value is -1.19. The van der Waals surface area contributed by atoms with Crippen LogP contribution in [0, 0.1) is 5.82 Å². The van der Waals surface area contributed by atoms with Crippen LogP contribution < -0.4 is 0 Å². The Kier molecular flexibility index (Phi) is 4.51. The number of amides is 1. The minimum Gasteiger partial charge on any atom is -0.443 e. The van der Waals surface area contributed by atoms with Crippen molar-refractivity contribution in [3.8, 4) is 0 Å². The molecule has 0 saturated carbocycles.